The molecule has 2 amide bonds. The van der Waals surface area contributed by atoms with E-state index < -0.39 is 6.04 Å². The molecule has 0 N–H and O–H groups in total. The number of nitrogens with zero attached hydrogens (tertiary/aromatic N) is 3. The summed E-state index contributed by atoms with van der Waals surface area (Å²) in [5, 5.41) is 1.82. The van der Waals surface area contributed by atoms with Crippen LogP contribution in [0.15, 0.2) is 36.7 Å². The Morgan fingerprint density at radius 3 is 2.85 bits per heavy atom. The molecule has 4 heterocycles. The average molecular weight is 365 g/mol. The van der Waals surface area contributed by atoms with Gasteiger partial charge in [0.15, 0.2) is 0 Å². The van der Waals surface area contributed by atoms with E-state index in [0.29, 0.717) is 18.6 Å². The van der Waals surface area contributed by atoms with Crippen molar-refractivity contribution in [1.29, 1.82) is 0 Å². The fourth-order valence-corrected chi connectivity index (χ4v) is 4.85. The molecule has 27 heavy (non-hydrogen) atoms. The molecule has 140 valence electrons. The van der Waals surface area contributed by atoms with Gasteiger partial charge < -0.3 is 14.5 Å². The number of likely N-dealkylation sites (tertiary alicyclic amines) is 2. The number of hydrogen-bond donors (Lipinski definition) is 0. The minimum Gasteiger partial charge on any atom is -0.376 e. The SMILES string of the molecule is O=C([C@@H]1C[C@@H]2OCC[C@@H]2N1C(=O)c1cccc2cnccc12)N1CCCC1. The second-order valence-electron chi connectivity index (χ2n) is 7.66. The lowest BCUT2D eigenvalue weighted by atomic mass is 10.0. The molecule has 0 radical (unpaired) electrons. The van der Waals surface area contributed by atoms with Gasteiger partial charge >= 0.3 is 0 Å². The Kier molecular flexibility index (Phi) is 4.08. The Bertz CT molecular complexity index is 888. The zero-order valence-electron chi connectivity index (χ0n) is 15.2. The number of benzene rings is 1. The van der Waals surface area contributed by atoms with Gasteiger partial charge in [0, 0.05) is 49.5 Å². The topological polar surface area (TPSA) is 62.7 Å². The van der Waals surface area contributed by atoms with Crippen LogP contribution in [0.2, 0.25) is 0 Å². The third kappa shape index (κ3) is 2.70. The maximum absolute atomic E-state index is 13.6. The molecule has 3 saturated heterocycles. The predicted molar refractivity (Wildman–Crippen MR) is 100 cm³/mol. The van der Waals surface area contributed by atoms with E-state index in [0.717, 1.165) is 43.1 Å². The van der Waals surface area contributed by atoms with Crippen molar-refractivity contribution in [2.45, 2.75) is 43.9 Å². The van der Waals surface area contributed by atoms with E-state index in [9.17, 15) is 9.59 Å². The first-order valence-corrected chi connectivity index (χ1v) is 9.80. The van der Waals surface area contributed by atoms with E-state index >= 15 is 0 Å². The molecule has 5 rings (SSSR count). The first-order chi connectivity index (χ1) is 13.2. The van der Waals surface area contributed by atoms with Gasteiger partial charge in [-0.05, 0) is 36.8 Å². The van der Waals surface area contributed by atoms with E-state index in [1.807, 2.05) is 34.1 Å². The summed E-state index contributed by atoms with van der Waals surface area (Å²) < 4.78 is 5.85. The van der Waals surface area contributed by atoms with Gasteiger partial charge in [0.25, 0.3) is 5.91 Å². The number of carbonyl (C=O) groups excluding carboxylic acids is 2. The monoisotopic (exact) mass is 365 g/mol. The van der Waals surface area contributed by atoms with E-state index in [1.54, 1.807) is 12.4 Å². The molecular formula is C21H23N3O3. The Morgan fingerprint density at radius 1 is 1.15 bits per heavy atom. The maximum Gasteiger partial charge on any atom is 0.255 e. The summed E-state index contributed by atoms with van der Waals surface area (Å²) in [7, 11) is 0. The summed E-state index contributed by atoms with van der Waals surface area (Å²) in [6.07, 6.45) is 6.95. The molecule has 3 atom stereocenters. The molecule has 3 aliphatic rings. The fraction of sp³-hybridized carbons (Fsp3) is 0.476. The van der Waals surface area contributed by atoms with Crippen LogP contribution in [-0.2, 0) is 9.53 Å². The Balaban J connectivity index is 1.53. The second-order valence-corrected chi connectivity index (χ2v) is 7.66. The van der Waals surface area contributed by atoms with Crippen molar-refractivity contribution >= 4 is 22.6 Å². The zero-order chi connectivity index (χ0) is 18.4. The third-order valence-corrected chi connectivity index (χ3v) is 6.17. The molecule has 1 aromatic heterocycles. The molecule has 0 bridgehead atoms. The molecule has 6 nitrogen and oxygen atoms in total. The summed E-state index contributed by atoms with van der Waals surface area (Å²) in [6.45, 7) is 2.25. The van der Waals surface area contributed by atoms with Crippen LogP contribution in [0.5, 0.6) is 0 Å². The summed E-state index contributed by atoms with van der Waals surface area (Å²) in [5.74, 6) is 0.0168. The van der Waals surface area contributed by atoms with Crippen LogP contribution >= 0.6 is 0 Å². The quantitative estimate of drug-likeness (QED) is 0.819. The minimum atomic E-state index is -0.414. The van der Waals surface area contributed by atoms with Gasteiger partial charge in [0.2, 0.25) is 5.91 Å². The van der Waals surface area contributed by atoms with Crippen molar-refractivity contribution in [2.75, 3.05) is 19.7 Å². The third-order valence-electron chi connectivity index (χ3n) is 6.17. The van der Waals surface area contributed by atoms with Crippen LogP contribution in [0, 0.1) is 0 Å². The lowest BCUT2D eigenvalue weighted by Gasteiger charge is -2.31. The molecule has 3 fully saturated rings. The Hall–Kier alpha value is -2.47. The van der Waals surface area contributed by atoms with E-state index in [2.05, 4.69) is 4.98 Å². The van der Waals surface area contributed by atoms with Gasteiger partial charge in [-0.3, -0.25) is 14.6 Å². The lowest BCUT2D eigenvalue weighted by molar-refractivity contribution is -0.134. The highest BCUT2D eigenvalue weighted by Gasteiger charge is 2.51. The highest BCUT2D eigenvalue weighted by atomic mass is 16.5. The zero-order valence-corrected chi connectivity index (χ0v) is 15.2. The van der Waals surface area contributed by atoms with E-state index in [4.69, 9.17) is 4.74 Å². The minimum absolute atomic E-state index is 0.00820. The normalized spacial score (nSPS) is 27.3. The highest BCUT2D eigenvalue weighted by molar-refractivity contribution is 6.08. The second kappa shape index (κ2) is 6.60. The van der Waals surface area contributed by atoms with Crippen LogP contribution in [-0.4, -0.2) is 64.5 Å². The van der Waals surface area contributed by atoms with Crippen LogP contribution in [0.3, 0.4) is 0 Å². The summed E-state index contributed by atoms with van der Waals surface area (Å²) in [6, 6.07) is 7.14. The molecule has 0 spiro atoms. The van der Waals surface area contributed by atoms with Crippen LogP contribution < -0.4 is 0 Å². The summed E-state index contributed by atoms with van der Waals surface area (Å²) >= 11 is 0. The van der Waals surface area contributed by atoms with Gasteiger partial charge in [-0.2, -0.15) is 0 Å². The molecule has 0 aliphatic carbocycles. The number of pyridine rings is 1. The molecule has 6 heteroatoms. The van der Waals surface area contributed by atoms with Crippen molar-refractivity contribution in [3.8, 4) is 0 Å². The number of carbonyl (C=O) groups is 2. The van der Waals surface area contributed by atoms with E-state index in [1.165, 1.54) is 0 Å². The number of ether oxygens (including phenoxy) is 1. The number of rotatable bonds is 2. The van der Waals surface area contributed by atoms with Crippen molar-refractivity contribution in [2.24, 2.45) is 0 Å². The fourth-order valence-electron chi connectivity index (χ4n) is 4.85. The number of amides is 2. The molecule has 1 aromatic carbocycles. The van der Waals surface area contributed by atoms with Gasteiger partial charge in [-0.1, -0.05) is 12.1 Å². The van der Waals surface area contributed by atoms with Crippen molar-refractivity contribution in [3.05, 3.63) is 42.2 Å². The first kappa shape index (κ1) is 16.7. The van der Waals surface area contributed by atoms with Crippen molar-refractivity contribution in [3.63, 3.8) is 0 Å². The van der Waals surface area contributed by atoms with Crippen molar-refractivity contribution in [1.82, 2.24) is 14.8 Å². The molecular weight excluding hydrogens is 342 g/mol. The van der Waals surface area contributed by atoms with Crippen LogP contribution in [0.1, 0.15) is 36.0 Å². The first-order valence-electron chi connectivity index (χ1n) is 9.80. The van der Waals surface area contributed by atoms with E-state index in [-0.39, 0.29) is 24.0 Å². The Morgan fingerprint density at radius 2 is 2.00 bits per heavy atom. The smallest absolute Gasteiger partial charge is 0.255 e. The largest absolute Gasteiger partial charge is 0.376 e. The number of fused-ring (bicyclic) bond motifs is 2. The molecule has 0 unspecified atom stereocenters. The number of hydrogen-bond acceptors (Lipinski definition) is 4. The van der Waals surface area contributed by atoms with Crippen LogP contribution in [0.25, 0.3) is 10.8 Å². The summed E-state index contributed by atoms with van der Waals surface area (Å²) in [5.41, 5.74) is 0.640. The maximum atomic E-state index is 13.6. The Labute approximate surface area is 158 Å². The predicted octanol–water partition coefficient (Wildman–Crippen LogP) is 2.23. The van der Waals surface area contributed by atoms with Gasteiger partial charge in [0.05, 0.1) is 12.1 Å². The molecule has 3 aliphatic heterocycles. The molecule has 0 saturated carbocycles. The lowest BCUT2D eigenvalue weighted by Crippen LogP contribution is -2.49. The number of aromatic nitrogens is 1. The van der Waals surface area contributed by atoms with Crippen LogP contribution in [0.4, 0.5) is 0 Å². The molecule has 2 aromatic rings. The highest BCUT2D eigenvalue weighted by Crippen LogP contribution is 2.36. The van der Waals surface area contributed by atoms with Gasteiger partial charge in [-0.25, -0.2) is 0 Å². The summed E-state index contributed by atoms with van der Waals surface area (Å²) in [4.78, 5) is 34.7. The standard InChI is InChI=1S/C21H23N3O3/c25-20(16-5-3-4-14-13-22-8-6-15(14)16)24-17-7-11-27-19(17)12-18(24)21(26)23-9-1-2-10-23/h3-6,8,13,17-19H,1-2,7,9-12H2/t17-,18-,19-/m0/s1. The van der Waals surface area contributed by atoms with Crippen molar-refractivity contribution < 1.29 is 14.3 Å². The average Bonchev–Trinajstić information content (AvgIpc) is 3.43. The van der Waals surface area contributed by atoms with Gasteiger partial charge in [0.1, 0.15) is 6.04 Å². The van der Waals surface area contributed by atoms with Gasteiger partial charge in [-0.15, -0.1) is 0 Å².